The lowest BCUT2D eigenvalue weighted by Crippen LogP contribution is -2.31. The second kappa shape index (κ2) is 8.19. The summed E-state index contributed by atoms with van der Waals surface area (Å²) in [5.74, 6) is 0.593. The summed E-state index contributed by atoms with van der Waals surface area (Å²) in [6.45, 7) is 10.6. The first-order valence-corrected chi connectivity index (χ1v) is 8.91. The van der Waals surface area contributed by atoms with Crippen molar-refractivity contribution in [2.24, 2.45) is 0 Å². The molecule has 1 N–H and O–H groups in total. The van der Waals surface area contributed by atoms with Gasteiger partial charge in [0.1, 0.15) is 5.75 Å². The van der Waals surface area contributed by atoms with Gasteiger partial charge in [-0.2, -0.15) is 0 Å². The second-order valence-corrected chi connectivity index (χ2v) is 7.45. The molecular weight excluding hydrogens is 310 g/mol. The van der Waals surface area contributed by atoms with E-state index in [2.05, 4.69) is 57.3 Å². The molecule has 0 heterocycles. The van der Waals surface area contributed by atoms with Crippen LogP contribution in [0.4, 0.5) is 0 Å². The molecule has 2 aromatic carbocycles. The van der Waals surface area contributed by atoms with Gasteiger partial charge in [-0.3, -0.25) is 4.79 Å². The van der Waals surface area contributed by atoms with Crippen molar-refractivity contribution in [1.82, 2.24) is 5.32 Å². The molecule has 2 aromatic rings. The maximum absolute atomic E-state index is 12.1. The first kappa shape index (κ1) is 19.0. The highest BCUT2D eigenvalue weighted by Crippen LogP contribution is 2.24. The van der Waals surface area contributed by atoms with Crippen LogP contribution in [-0.2, 0) is 16.6 Å². The highest BCUT2D eigenvalue weighted by atomic mass is 16.5. The summed E-state index contributed by atoms with van der Waals surface area (Å²) in [5.41, 5.74) is 3.75. The average Bonchev–Trinajstić information content (AvgIpc) is 2.59. The van der Waals surface area contributed by atoms with Crippen molar-refractivity contribution < 1.29 is 9.53 Å². The number of ether oxygens (including phenoxy) is 1. The van der Waals surface area contributed by atoms with Gasteiger partial charge in [-0.15, -0.1) is 0 Å². The van der Waals surface area contributed by atoms with Gasteiger partial charge < -0.3 is 10.1 Å². The minimum absolute atomic E-state index is 0.0201. The molecular formula is C22H29NO2. The third kappa shape index (κ3) is 5.63. The van der Waals surface area contributed by atoms with Crippen molar-refractivity contribution in [3.05, 3.63) is 65.2 Å². The van der Waals surface area contributed by atoms with Gasteiger partial charge in [0, 0.05) is 0 Å². The molecule has 25 heavy (non-hydrogen) atoms. The van der Waals surface area contributed by atoms with E-state index in [0.717, 1.165) is 12.0 Å². The molecule has 1 atom stereocenters. The summed E-state index contributed by atoms with van der Waals surface area (Å²) in [6.07, 6.45) is 1.02. The number of amides is 1. The Labute approximate surface area is 151 Å². The second-order valence-electron chi connectivity index (χ2n) is 7.45. The van der Waals surface area contributed by atoms with E-state index < -0.39 is 0 Å². The Hall–Kier alpha value is -2.29. The minimum atomic E-state index is -0.119. The van der Waals surface area contributed by atoms with Crippen LogP contribution in [0.5, 0.6) is 5.75 Å². The van der Waals surface area contributed by atoms with Crippen LogP contribution in [0.15, 0.2) is 48.5 Å². The molecule has 0 saturated carbocycles. The lowest BCUT2D eigenvalue weighted by molar-refractivity contribution is -0.123. The molecule has 0 saturated heterocycles. The number of aryl methyl sites for hydroxylation is 1. The Morgan fingerprint density at radius 3 is 2.16 bits per heavy atom. The molecule has 0 aliphatic heterocycles. The van der Waals surface area contributed by atoms with Crippen LogP contribution in [0.25, 0.3) is 0 Å². The molecule has 1 unspecified atom stereocenters. The van der Waals surface area contributed by atoms with E-state index in [1.807, 2.05) is 31.2 Å². The highest BCUT2D eigenvalue weighted by Gasteiger charge is 2.14. The Kier molecular flexibility index (Phi) is 6.24. The van der Waals surface area contributed by atoms with E-state index in [1.165, 1.54) is 11.1 Å². The van der Waals surface area contributed by atoms with E-state index in [1.54, 1.807) is 0 Å². The van der Waals surface area contributed by atoms with Crippen molar-refractivity contribution in [3.63, 3.8) is 0 Å². The quantitative estimate of drug-likeness (QED) is 0.821. The van der Waals surface area contributed by atoms with E-state index in [-0.39, 0.29) is 24.0 Å². The monoisotopic (exact) mass is 339 g/mol. The average molecular weight is 339 g/mol. The fourth-order valence-corrected chi connectivity index (χ4v) is 2.61. The molecule has 1 amide bonds. The Morgan fingerprint density at radius 1 is 1.04 bits per heavy atom. The van der Waals surface area contributed by atoms with Crippen LogP contribution in [0.1, 0.15) is 57.4 Å². The standard InChI is InChI=1S/C22H29NO2/c1-6-17-7-9-18(10-8-17)16(2)23-21(24)15-25-20-13-11-19(12-14-20)22(3,4)5/h7-14,16H,6,15H2,1-5H3,(H,23,24). The van der Waals surface area contributed by atoms with Crippen LogP contribution in [0.2, 0.25) is 0 Å². The molecule has 0 aliphatic rings. The fourth-order valence-electron chi connectivity index (χ4n) is 2.61. The topological polar surface area (TPSA) is 38.3 Å². The Morgan fingerprint density at radius 2 is 1.64 bits per heavy atom. The summed E-state index contributed by atoms with van der Waals surface area (Å²) in [7, 11) is 0. The molecule has 3 heteroatoms. The summed E-state index contributed by atoms with van der Waals surface area (Å²) in [5, 5.41) is 2.98. The maximum atomic E-state index is 12.1. The largest absolute Gasteiger partial charge is 0.484 e. The summed E-state index contributed by atoms with van der Waals surface area (Å²) >= 11 is 0. The zero-order chi connectivity index (χ0) is 18.4. The van der Waals surface area contributed by atoms with Crippen molar-refractivity contribution in [3.8, 4) is 5.75 Å². The number of carbonyl (C=O) groups is 1. The molecule has 0 spiro atoms. The van der Waals surface area contributed by atoms with Gasteiger partial charge in [0.2, 0.25) is 0 Å². The van der Waals surface area contributed by atoms with Gasteiger partial charge in [0.05, 0.1) is 6.04 Å². The van der Waals surface area contributed by atoms with Crippen molar-refractivity contribution in [1.29, 1.82) is 0 Å². The van der Waals surface area contributed by atoms with Gasteiger partial charge in [-0.1, -0.05) is 64.1 Å². The van der Waals surface area contributed by atoms with Crippen molar-refractivity contribution >= 4 is 5.91 Å². The van der Waals surface area contributed by atoms with Crippen LogP contribution in [0.3, 0.4) is 0 Å². The van der Waals surface area contributed by atoms with Crippen molar-refractivity contribution in [2.75, 3.05) is 6.61 Å². The van der Waals surface area contributed by atoms with Crippen molar-refractivity contribution in [2.45, 2.75) is 52.5 Å². The lowest BCUT2D eigenvalue weighted by Gasteiger charge is -2.19. The van der Waals surface area contributed by atoms with Crippen LogP contribution in [-0.4, -0.2) is 12.5 Å². The number of hydrogen-bond acceptors (Lipinski definition) is 2. The first-order chi connectivity index (χ1) is 11.8. The fraction of sp³-hybridized carbons (Fsp3) is 0.409. The third-order valence-corrected chi connectivity index (χ3v) is 4.36. The molecule has 2 rings (SSSR count). The lowest BCUT2D eigenvalue weighted by atomic mass is 9.87. The predicted molar refractivity (Wildman–Crippen MR) is 103 cm³/mol. The SMILES string of the molecule is CCc1ccc(C(C)NC(=O)COc2ccc(C(C)(C)C)cc2)cc1. The predicted octanol–water partition coefficient (Wildman–Crippen LogP) is 4.80. The summed E-state index contributed by atoms with van der Waals surface area (Å²) in [4.78, 5) is 12.1. The number of nitrogens with one attached hydrogen (secondary N) is 1. The zero-order valence-corrected chi connectivity index (χ0v) is 15.9. The van der Waals surface area contributed by atoms with Crippen LogP contribution >= 0.6 is 0 Å². The number of hydrogen-bond donors (Lipinski definition) is 1. The van der Waals surface area contributed by atoms with E-state index >= 15 is 0 Å². The molecule has 0 bridgehead atoms. The normalized spacial score (nSPS) is 12.5. The Bertz CT molecular complexity index is 681. The van der Waals surface area contributed by atoms with Gasteiger partial charge in [0.15, 0.2) is 6.61 Å². The van der Waals surface area contributed by atoms with Crippen LogP contribution < -0.4 is 10.1 Å². The minimum Gasteiger partial charge on any atom is -0.484 e. The van der Waals surface area contributed by atoms with Gasteiger partial charge in [-0.25, -0.2) is 0 Å². The smallest absolute Gasteiger partial charge is 0.258 e. The molecule has 0 aliphatic carbocycles. The van der Waals surface area contributed by atoms with E-state index in [0.29, 0.717) is 5.75 Å². The molecule has 0 radical (unpaired) electrons. The zero-order valence-electron chi connectivity index (χ0n) is 15.9. The number of rotatable bonds is 6. The number of benzene rings is 2. The van der Waals surface area contributed by atoms with Gasteiger partial charge in [-0.05, 0) is 47.6 Å². The Balaban J connectivity index is 1.85. The number of carbonyl (C=O) groups excluding carboxylic acids is 1. The van der Waals surface area contributed by atoms with E-state index in [4.69, 9.17) is 4.74 Å². The molecule has 0 fully saturated rings. The van der Waals surface area contributed by atoms with E-state index in [9.17, 15) is 4.79 Å². The first-order valence-electron chi connectivity index (χ1n) is 8.91. The van der Waals surface area contributed by atoms with Gasteiger partial charge in [0.25, 0.3) is 5.91 Å². The molecule has 3 nitrogen and oxygen atoms in total. The molecule has 0 aromatic heterocycles. The third-order valence-electron chi connectivity index (χ3n) is 4.36. The highest BCUT2D eigenvalue weighted by molar-refractivity contribution is 5.78. The van der Waals surface area contributed by atoms with Gasteiger partial charge >= 0.3 is 0 Å². The maximum Gasteiger partial charge on any atom is 0.258 e. The summed E-state index contributed by atoms with van der Waals surface area (Å²) in [6, 6.07) is 16.2. The molecule has 134 valence electrons. The summed E-state index contributed by atoms with van der Waals surface area (Å²) < 4.78 is 5.60. The van der Waals surface area contributed by atoms with Crippen LogP contribution in [0, 0.1) is 0 Å².